The third-order valence-corrected chi connectivity index (χ3v) is 5.74. The van der Waals surface area contributed by atoms with Gasteiger partial charge in [0.15, 0.2) is 5.03 Å². The van der Waals surface area contributed by atoms with E-state index in [0.717, 1.165) is 6.42 Å². The number of piperidine rings is 1. The van der Waals surface area contributed by atoms with Crippen molar-refractivity contribution in [3.8, 4) is 0 Å². The molecule has 0 spiro atoms. The smallest absolute Gasteiger partial charge is 0.260 e. The zero-order chi connectivity index (χ0) is 15.5. The summed E-state index contributed by atoms with van der Waals surface area (Å²) >= 11 is 0. The molecule has 21 heavy (non-hydrogen) atoms. The third kappa shape index (κ3) is 3.62. The van der Waals surface area contributed by atoms with Gasteiger partial charge in [0.2, 0.25) is 5.91 Å². The van der Waals surface area contributed by atoms with Gasteiger partial charge in [-0.1, -0.05) is 6.92 Å². The Morgan fingerprint density at radius 2 is 2.19 bits per heavy atom. The highest BCUT2D eigenvalue weighted by atomic mass is 32.2. The number of carbonyl (C=O) groups is 1. The Morgan fingerprint density at radius 1 is 1.52 bits per heavy atom. The van der Waals surface area contributed by atoms with Crippen LogP contribution in [0.1, 0.15) is 33.1 Å². The summed E-state index contributed by atoms with van der Waals surface area (Å²) in [5.41, 5.74) is 0. The lowest BCUT2D eigenvalue weighted by molar-refractivity contribution is -0.126. The van der Waals surface area contributed by atoms with Crippen LogP contribution in [-0.4, -0.2) is 47.7 Å². The van der Waals surface area contributed by atoms with Gasteiger partial charge in [-0.05, 0) is 26.2 Å². The first-order valence-electron chi connectivity index (χ1n) is 7.24. The SMILES string of the molecule is CCC(C)NC(=O)C1CCN(S(=O)(=O)c2cnc[nH]2)CC1. The van der Waals surface area contributed by atoms with E-state index < -0.39 is 10.0 Å². The van der Waals surface area contributed by atoms with Crippen molar-refractivity contribution in [2.45, 2.75) is 44.2 Å². The first-order chi connectivity index (χ1) is 9.95. The number of aromatic nitrogens is 2. The second-order valence-corrected chi connectivity index (χ2v) is 7.32. The number of nitrogens with zero attached hydrogens (tertiary/aromatic N) is 2. The quantitative estimate of drug-likeness (QED) is 0.837. The highest BCUT2D eigenvalue weighted by Crippen LogP contribution is 2.22. The number of H-pyrrole nitrogens is 1. The van der Waals surface area contributed by atoms with Gasteiger partial charge in [-0.3, -0.25) is 4.79 Å². The number of aromatic amines is 1. The fraction of sp³-hybridized carbons (Fsp3) is 0.692. The Hall–Kier alpha value is -1.41. The number of rotatable bonds is 5. The third-order valence-electron chi connectivity index (χ3n) is 3.92. The lowest BCUT2D eigenvalue weighted by Gasteiger charge is -2.30. The van der Waals surface area contributed by atoms with E-state index >= 15 is 0 Å². The molecular weight excluding hydrogens is 292 g/mol. The molecule has 1 aromatic rings. The van der Waals surface area contributed by atoms with Crippen LogP contribution in [-0.2, 0) is 14.8 Å². The number of sulfonamides is 1. The maximum atomic E-state index is 12.3. The molecule has 1 aliphatic rings. The molecule has 1 amide bonds. The molecular formula is C13H22N4O3S. The molecule has 7 nitrogen and oxygen atoms in total. The molecule has 0 bridgehead atoms. The Bertz CT molecular complexity index is 562. The first-order valence-corrected chi connectivity index (χ1v) is 8.68. The largest absolute Gasteiger partial charge is 0.353 e. The summed E-state index contributed by atoms with van der Waals surface area (Å²) in [7, 11) is -3.51. The van der Waals surface area contributed by atoms with Crippen LogP contribution in [0.5, 0.6) is 0 Å². The van der Waals surface area contributed by atoms with Gasteiger partial charge in [-0.15, -0.1) is 0 Å². The van der Waals surface area contributed by atoms with E-state index in [1.165, 1.54) is 16.8 Å². The number of hydrogen-bond donors (Lipinski definition) is 2. The molecule has 1 saturated heterocycles. The molecule has 2 N–H and O–H groups in total. The molecule has 2 heterocycles. The van der Waals surface area contributed by atoms with Crippen molar-refractivity contribution in [3.05, 3.63) is 12.5 Å². The predicted octanol–water partition coefficient (Wildman–Crippen LogP) is 0.725. The van der Waals surface area contributed by atoms with Crippen LogP contribution < -0.4 is 5.32 Å². The summed E-state index contributed by atoms with van der Waals surface area (Å²) in [6.07, 6.45) is 4.64. The van der Waals surface area contributed by atoms with Crippen LogP contribution in [0, 0.1) is 5.92 Å². The molecule has 1 fully saturated rings. The van der Waals surface area contributed by atoms with Gasteiger partial charge in [0, 0.05) is 25.0 Å². The van der Waals surface area contributed by atoms with E-state index in [9.17, 15) is 13.2 Å². The number of nitrogens with one attached hydrogen (secondary N) is 2. The van der Waals surface area contributed by atoms with E-state index in [0.29, 0.717) is 25.9 Å². The monoisotopic (exact) mass is 314 g/mol. The Kier molecular flexibility index (Phi) is 5.00. The number of carbonyl (C=O) groups excluding carboxylic acids is 1. The summed E-state index contributed by atoms with van der Waals surface area (Å²) < 4.78 is 26.0. The van der Waals surface area contributed by atoms with Crippen LogP contribution in [0.25, 0.3) is 0 Å². The molecule has 8 heteroatoms. The molecule has 1 atom stereocenters. The van der Waals surface area contributed by atoms with Crippen molar-refractivity contribution >= 4 is 15.9 Å². The second-order valence-electron chi connectivity index (χ2n) is 5.41. The van der Waals surface area contributed by atoms with E-state index in [1.807, 2.05) is 13.8 Å². The summed E-state index contributed by atoms with van der Waals surface area (Å²) in [6, 6.07) is 0.157. The average Bonchev–Trinajstić information content (AvgIpc) is 3.02. The van der Waals surface area contributed by atoms with Crippen LogP contribution in [0.15, 0.2) is 17.6 Å². The minimum absolute atomic E-state index is 0.0305. The summed E-state index contributed by atoms with van der Waals surface area (Å²) in [5.74, 6) is -0.0739. The Labute approximate surface area is 125 Å². The summed E-state index contributed by atoms with van der Waals surface area (Å²) in [4.78, 5) is 18.4. The Balaban J connectivity index is 1.93. The maximum Gasteiger partial charge on any atom is 0.260 e. The zero-order valence-corrected chi connectivity index (χ0v) is 13.2. The molecule has 118 valence electrons. The minimum Gasteiger partial charge on any atom is -0.353 e. The number of amides is 1. The maximum absolute atomic E-state index is 12.3. The number of hydrogen-bond acceptors (Lipinski definition) is 4. The van der Waals surface area contributed by atoms with Crippen molar-refractivity contribution in [1.29, 1.82) is 0 Å². The van der Waals surface area contributed by atoms with Crippen LogP contribution in [0.3, 0.4) is 0 Å². The lowest BCUT2D eigenvalue weighted by Crippen LogP contribution is -2.44. The fourth-order valence-corrected chi connectivity index (χ4v) is 3.71. The highest BCUT2D eigenvalue weighted by molar-refractivity contribution is 7.89. The van der Waals surface area contributed by atoms with Gasteiger partial charge in [0.05, 0.1) is 12.5 Å². The summed E-state index contributed by atoms with van der Waals surface area (Å²) in [5, 5.41) is 3.06. The van der Waals surface area contributed by atoms with E-state index in [4.69, 9.17) is 0 Å². The molecule has 0 aromatic carbocycles. The fourth-order valence-electron chi connectivity index (χ4n) is 2.34. The Morgan fingerprint density at radius 3 is 2.71 bits per heavy atom. The normalized spacial score (nSPS) is 19.3. The second kappa shape index (κ2) is 6.57. The van der Waals surface area contributed by atoms with Crippen molar-refractivity contribution in [2.24, 2.45) is 5.92 Å². The average molecular weight is 314 g/mol. The van der Waals surface area contributed by atoms with Crippen LogP contribution >= 0.6 is 0 Å². The number of imidazole rings is 1. The highest BCUT2D eigenvalue weighted by Gasteiger charge is 2.32. The van der Waals surface area contributed by atoms with E-state index in [-0.39, 0.29) is 22.9 Å². The molecule has 2 rings (SSSR count). The van der Waals surface area contributed by atoms with Crippen molar-refractivity contribution in [3.63, 3.8) is 0 Å². The topological polar surface area (TPSA) is 95.2 Å². The van der Waals surface area contributed by atoms with Gasteiger partial charge in [0.25, 0.3) is 10.0 Å². The van der Waals surface area contributed by atoms with Gasteiger partial charge >= 0.3 is 0 Å². The van der Waals surface area contributed by atoms with Gasteiger partial charge in [0.1, 0.15) is 0 Å². The predicted molar refractivity (Wildman–Crippen MR) is 78.0 cm³/mol. The standard InChI is InChI=1S/C13H22N4O3S/c1-3-10(2)16-13(18)11-4-6-17(7-5-11)21(19,20)12-8-14-9-15-12/h8-11H,3-7H2,1-2H3,(H,14,15)(H,16,18). The van der Waals surface area contributed by atoms with E-state index in [2.05, 4.69) is 15.3 Å². The van der Waals surface area contributed by atoms with Crippen molar-refractivity contribution < 1.29 is 13.2 Å². The van der Waals surface area contributed by atoms with Crippen molar-refractivity contribution in [1.82, 2.24) is 19.6 Å². The molecule has 0 radical (unpaired) electrons. The van der Waals surface area contributed by atoms with Crippen molar-refractivity contribution in [2.75, 3.05) is 13.1 Å². The van der Waals surface area contributed by atoms with E-state index in [1.54, 1.807) is 0 Å². The van der Waals surface area contributed by atoms with Gasteiger partial charge < -0.3 is 10.3 Å². The molecule has 0 aliphatic carbocycles. The molecule has 1 aromatic heterocycles. The molecule has 0 saturated carbocycles. The molecule has 1 unspecified atom stereocenters. The lowest BCUT2D eigenvalue weighted by atomic mass is 9.97. The van der Waals surface area contributed by atoms with Crippen LogP contribution in [0.2, 0.25) is 0 Å². The minimum atomic E-state index is -3.51. The first kappa shape index (κ1) is 16.0. The summed E-state index contributed by atoms with van der Waals surface area (Å²) in [6.45, 7) is 4.71. The van der Waals surface area contributed by atoms with Crippen LogP contribution in [0.4, 0.5) is 0 Å². The molecule has 1 aliphatic heterocycles. The van der Waals surface area contributed by atoms with Gasteiger partial charge in [-0.2, -0.15) is 4.31 Å². The van der Waals surface area contributed by atoms with Gasteiger partial charge in [-0.25, -0.2) is 13.4 Å². The zero-order valence-electron chi connectivity index (χ0n) is 12.4.